The average molecular weight is 150 g/mol. The lowest BCUT2D eigenvalue weighted by molar-refractivity contribution is 1.11. The average Bonchev–Trinajstić information content (AvgIpc) is 1.98. The zero-order chi connectivity index (χ0) is 8.85. The van der Waals surface area contributed by atoms with Crippen molar-refractivity contribution in [2.75, 3.05) is 0 Å². The Balaban J connectivity index is 4.23. The summed E-state index contributed by atoms with van der Waals surface area (Å²) in [5.41, 5.74) is 3.84. The van der Waals surface area contributed by atoms with E-state index in [1.165, 1.54) is 16.7 Å². The summed E-state index contributed by atoms with van der Waals surface area (Å²) in [4.78, 5) is 0. The summed E-state index contributed by atoms with van der Waals surface area (Å²) in [6.07, 6.45) is 5.29. The van der Waals surface area contributed by atoms with Gasteiger partial charge in [0, 0.05) is 0 Å². The Morgan fingerprint density at radius 1 is 1.18 bits per heavy atom. The van der Waals surface area contributed by atoms with Crippen LogP contribution in [0.15, 0.2) is 35.5 Å². The number of hydrogen-bond acceptors (Lipinski definition) is 0. The Kier molecular flexibility index (Phi) is 4.60. The van der Waals surface area contributed by atoms with Gasteiger partial charge in [-0.2, -0.15) is 0 Å². The van der Waals surface area contributed by atoms with Crippen LogP contribution in [0.2, 0.25) is 0 Å². The summed E-state index contributed by atoms with van der Waals surface area (Å²) in [5.74, 6) is 0. The van der Waals surface area contributed by atoms with E-state index < -0.39 is 0 Å². The summed E-state index contributed by atoms with van der Waals surface area (Å²) in [6.45, 7) is 12.4. The van der Waals surface area contributed by atoms with Gasteiger partial charge in [0.15, 0.2) is 0 Å². The topological polar surface area (TPSA) is 0 Å². The molecule has 11 heavy (non-hydrogen) atoms. The molecule has 0 aliphatic carbocycles. The van der Waals surface area contributed by atoms with Gasteiger partial charge in [-0.3, -0.25) is 0 Å². The van der Waals surface area contributed by atoms with Crippen LogP contribution in [0.1, 0.15) is 34.1 Å². The minimum atomic E-state index is 1.04. The predicted molar refractivity (Wildman–Crippen MR) is 52.6 cm³/mol. The van der Waals surface area contributed by atoms with E-state index in [1.54, 1.807) is 0 Å². The largest absolute Gasteiger partial charge is 0.0956 e. The van der Waals surface area contributed by atoms with Crippen molar-refractivity contribution in [2.45, 2.75) is 34.1 Å². The Morgan fingerprint density at radius 3 is 2.09 bits per heavy atom. The molecule has 0 nitrogen and oxygen atoms in total. The fourth-order valence-corrected chi connectivity index (χ4v) is 0.688. The summed E-state index contributed by atoms with van der Waals surface area (Å²) in [5, 5.41) is 0. The molecule has 0 atom stereocenters. The van der Waals surface area contributed by atoms with Gasteiger partial charge in [-0.25, -0.2) is 0 Å². The van der Waals surface area contributed by atoms with Crippen molar-refractivity contribution in [2.24, 2.45) is 0 Å². The molecule has 0 unspecified atom stereocenters. The summed E-state index contributed by atoms with van der Waals surface area (Å²) < 4.78 is 0. The monoisotopic (exact) mass is 150 g/mol. The Morgan fingerprint density at radius 2 is 1.73 bits per heavy atom. The first-order chi connectivity index (χ1) is 5.07. The first kappa shape index (κ1) is 10.2. The van der Waals surface area contributed by atoms with Crippen LogP contribution >= 0.6 is 0 Å². The van der Waals surface area contributed by atoms with Gasteiger partial charge < -0.3 is 0 Å². The standard InChI is InChI=1S/C11H18/c1-6-10(4)11(5)8-7-9(2)3/h7-8H,4,6H2,1-3,5H3/b11-8-. The van der Waals surface area contributed by atoms with Crippen molar-refractivity contribution >= 4 is 0 Å². The van der Waals surface area contributed by atoms with Crippen molar-refractivity contribution in [3.63, 3.8) is 0 Å². The van der Waals surface area contributed by atoms with Gasteiger partial charge in [0.1, 0.15) is 0 Å². The molecule has 0 amide bonds. The van der Waals surface area contributed by atoms with E-state index in [0.29, 0.717) is 0 Å². The molecule has 0 aliphatic rings. The zero-order valence-corrected chi connectivity index (χ0v) is 8.07. The molecule has 0 bridgehead atoms. The van der Waals surface area contributed by atoms with Gasteiger partial charge in [0.2, 0.25) is 0 Å². The Hall–Kier alpha value is -0.780. The van der Waals surface area contributed by atoms with Crippen molar-refractivity contribution in [3.8, 4) is 0 Å². The molecule has 0 N–H and O–H groups in total. The van der Waals surface area contributed by atoms with E-state index in [-0.39, 0.29) is 0 Å². The smallest absolute Gasteiger partial charge is 0.0311 e. The highest BCUT2D eigenvalue weighted by Gasteiger charge is 1.90. The van der Waals surface area contributed by atoms with Crippen molar-refractivity contribution in [1.29, 1.82) is 0 Å². The van der Waals surface area contributed by atoms with E-state index >= 15 is 0 Å². The summed E-state index contributed by atoms with van der Waals surface area (Å²) in [7, 11) is 0. The second-order valence-electron chi connectivity index (χ2n) is 3.05. The van der Waals surface area contributed by atoms with E-state index in [4.69, 9.17) is 0 Å². The third-order valence-corrected chi connectivity index (χ3v) is 1.65. The van der Waals surface area contributed by atoms with Crippen LogP contribution in [0.5, 0.6) is 0 Å². The van der Waals surface area contributed by atoms with Crippen molar-refractivity contribution < 1.29 is 0 Å². The van der Waals surface area contributed by atoms with E-state index in [2.05, 4.69) is 46.4 Å². The quantitative estimate of drug-likeness (QED) is 0.536. The maximum absolute atomic E-state index is 3.95. The lowest BCUT2D eigenvalue weighted by Gasteiger charge is -1.99. The molecule has 0 aromatic carbocycles. The molecule has 0 saturated carbocycles. The van der Waals surface area contributed by atoms with E-state index in [9.17, 15) is 0 Å². The summed E-state index contributed by atoms with van der Waals surface area (Å²) in [6, 6.07) is 0. The van der Waals surface area contributed by atoms with Crippen molar-refractivity contribution in [1.82, 2.24) is 0 Å². The van der Waals surface area contributed by atoms with Gasteiger partial charge in [0.25, 0.3) is 0 Å². The molecule has 62 valence electrons. The molecule has 0 aromatic heterocycles. The third kappa shape index (κ3) is 4.60. The van der Waals surface area contributed by atoms with Gasteiger partial charge in [-0.05, 0) is 32.8 Å². The summed E-state index contributed by atoms with van der Waals surface area (Å²) >= 11 is 0. The van der Waals surface area contributed by atoms with Crippen LogP contribution in [0.4, 0.5) is 0 Å². The zero-order valence-electron chi connectivity index (χ0n) is 8.07. The van der Waals surface area contributed by atoms with Crippen LogP contribution in [0, 0.1) is 0 Å². The minimum Gasteiger partial charge on any atom is -0.0956 e. The predicted octanol–water partition coefficient (Wildman–Crippen LogP) is 3.87. The fourth-order valence-electron chi connectivity index (χ4n) is 0.688. The highest BCUT2D eigenvalue weighted by molar-refractivity contribution is 5.29. The lowest BCUT2D eigenvalue weighted by Crippen LogP contribution is -1.79. The third-order valence-electron chi connectivity index (χ3n) is 1.65. The molecule has 0 aliphatic heterocycles. The van der Waals surface area contributed by atoms with Crippen LogP contribution in [-0.4, -0.2) is 0 Å². The van der Waals surface area contributed by atoms with Gasteiger partial charge >= 0.3 is 0 Å². The molecular weight excluding hydrogens is 132 g/mol. The van der Waals surface area contributed by atoms with Gasteiger partial charge in [-0.15, -0.1) is 0 Å². The number of rotatable bonds is 3. The minimum absolute atomic E-state index is 1.04. The Bertz CT molecular complexity index is 188. The van der Waals surface area contributed by atoms with Crippen LogP contribution in [0.3, 0.4) is 0 Å². The number of allylic oxidation sites excluding steroid dienone is 5. The second-order valence-corrected chi connectivity index (χ2v) is 3.05. The van der Waals surface area contributed by atoms with E-state index in [0.717, 1.165) is 6.42 Å². The molecule has 0 spiro atoms. The maximum Gasteiger partial charge on any atom is -0.0311 e. The number of hydrogen-bond donors (Lipinski definition) is 0. The van der Waals surface area contributed by atoms with Gasteiger partial charge in [0.05, 0.1) is 0 Å². The molecule has 0 heterocycles. The van der Waals surface area contributed by atoms with Crippen molar-refractivity contribution in [3.05, 3.63) is 35.5 Å². The first-order valence-corrected chi connectivity index (χ1v) is 4.07. The Labute approximate surface area is 70.3 Å². The second kappa shape index (κ2) is 4.95. The van der Waals surface area contributed by atoms with Crippen LogP contribution in [0.25, 0.3) is 0 Å². The molecular formula is C11H18. The molecule has 0 fully saturated rings. The SMILES string of the molecule is C=C(CC)/C(C)=C\C=C(C)C. The fraction of sp³-hybridized carbons (Fsp3) is 0.455. The normalized spacial score (nSPS) is 11.1. The highest BCUT2D eigenvalue weighted by atomic mass is 14.0. The first-order valence-electron chi connectivity index (χ1n) is 4.07. The molecule has 0 rings (SSSR count). The van der Waals surface area contributed by atoms with Crippen LogP contribution in [-0.2, 0) is 0 Å². The molecule has 0 saturated heterocycles. The molecule has 0 heteroatoms. The molecule has 0 aromatic rings. The lowest BCUT2D eigenvalue weighted by atomic mass is 10.1. The van der Waals surface area contributed by atoms with E-state index in [1.807, 2.05) is 0 Å². The van der Waals surface area contributed by atoms with Crippen LogP contribution < -0.4 is 0 Å². The maximum atomic E-state index is 3.95. The highest BCUT2D eigenvalue weighted by Crippen LogP contribution is 2.10. The molecule has 0 radical (unpaired) electrons. The van der Waals surface area contributed by atoms with Gasteiger partial charge in [-0.1, -0.05) is 36.8 Å².